The van der Waals surface area contributed by atoms with Crippen molar-refractivity contribution in [1.29, 1.82) is 0 Å². The molecule has 7 nitrogen and oxygen atoms in total. The number of rotatable bonds is 3. The Morgan fingerprint density at radius 2 is 2.25 bits per heavy atom. The third kappa shape index (κ3) is 2.87. The lowest BCUT2D eigenvalue weighted by atomic mass is 10.1. The smallest absolute Gasteiger partial charge is 0.259 e. The summed E-state index contributed by atoms with van der Waals surface area (Å²) in [7, 11) is 0. The molecule has 0 bridgehead atoms. The van der Waals surface area contributed by atoms with Crippen LogP contribution in [0.2, 0.25) is 0 Å². The van der Waals surface area contributed by atoms with Gasteiger partial charge in [0, 0.05) is 44.8 Å². The highest BCUT2D eigenvalue weighted by Gasteiger charge is 2.39. The number of carbonyl (C=O) groups is 1. The Morgan fingerprint density at radius 1 is 1.33 bits per heavy atom. The highest BCUT2D eigenvalue weighted by atomic mass is 16.5. The summed E-state index contributed by atoms with van der Waals surface area (Å²) < 4.78 is 11.0. The van der Waals surface area contributed by atoms with Gasteiger partial charge in [0.25, 0.3) is 5.91 Å². The van der Waals surface area contributed by atoms with Crippen molar-refractivity contribution in [2.24, 2.45) is 0 Å². The molecule has 0 unspecified atom stereocenters. The van der Waals surface area contributed by atoms with E-state index in [1.54, 1.807) is 19.3 Å². The first-order valence-corrected chi connectivity index (χ1v) is 8.22. The second kappa shape index (κ2) is 6.24. The van der Waals surface area contributed by atoms with E-state index in [1.807, 2.05) is 17.0 Å². The molecule has 2 fully saturated rings. The quantitative estimate of drug-likeness (QED) is 0.847. The average Bonchev–Trinajstić information content (AvgIpc) is 3.19. The molecule has 2 aliphatic heterocycles. The maximum absolute atomic E-state index is 12.6. The van der Waals surface area contributed by atoms with E-state index in [-0.39, 0.29) is 12.0 Å². The molecule has 0 spiro atoms. The predicted octanol–water partition coefficient (Wildman–Crippen LogP) is 1.36. The number of piperazine rings is 1. The third-order valence-corrected chi connectivity index (χ3v) is 4.78. The number of aryl methyl sites for hydroxylation is 1. The van der Waals surface area contributed by atoms with E-state index < -0.39 is 0 Å². The topological polar surface area (TPSA) is 71.7 Å². The second-order valence-electron chi connectivity index (χ2n) is 6.36. The molecule has 24 heavy (non-hydrogen) atoms. The summed E-state index contributed by atoms with van der Waals surface area (Å²) in [5.41, 5.74) is 0.560. The highest BCUT2D eigenvalue weighted by Crippen LogP contribution is 2.26. The van der Waals surface area contributed by atoms with Crippen LogP contribution in [0.5, 0.6) is 5.75 Å². The van der Waals surface area contributed by atoms with Crippen LogP contribution in [0.25, 0.3) is 0 Å². The first-order chi connectivity index (χ1) is 11.7. The SMILES string of the molecule is Cc1oncc1C(=O)N1CCN2C[C@H](Oc3cccnc3)C[C@H]2C1. The summed E-state index contributed by atoms with van der Waals surface area (Å²) in [6.07, 6.45) is 6.04. The summed E-state index contributed by atoms with van der Waals surface area (Å²) in [5, 5.41) is 3.70. The van der Waals surface area contributed by atoms with Crippen molar-refractivity contribution in [3.63, 3.8) is 0 Å². The van der Waals surface area contributed by atoms with Gasteiger partial charge in [-0.2, -0.15) is 0 Å². The van der Waals surface area contributed by atoms with Crippen molar-refractivity contribution in [2.75, 3.05) is 26.2 Å². The van der Waals surface area contributed by atoms with Gasteiger partial charge in [-0.3, -0.25) is 14.7 Å². The average molecular weight is 328 g/mol. The van der Waals surface area contributed by atoms with Crippen LogP contribution >= 0.6 is 0 Å². The largest absolute Gasteiger partial charge is 0.487 e. The second-order valence-corrected chi connectivity index (χ2v) is 6.36. The predicted molar refractivity (Wildman–Crippen MR) is 85.8 cm³/mol. The van der Waals surface area contributed by atoms with Gasteiger partial charge in [0.05, 0.1) is 12.4 Å². The van der Waals surface area contributed by atoms with E-state index in [9.17, 15) is 4.79 Å². The molecule has 4 rings (SSSR count). The molecule has 2 atom stereocenters. The molecule has 2 aromatic heterocycles. The first kappa shape index (κ1) is 15.1. The number of carbonyl (C=O) groups excluding carboxylic acids is 1. The molecule has 0 saturated carbocycles. The molecular weight excluding hydrogens is 308 g/mol. The maximum Gasteiger partial charge on any atom is 0.259 e. The lowest BCUT2D eigenvalue weighted by molar-refractivity contribution is 0.0568. The Morgan fingerprint density at radius 3 is 3.00 bits per heavy atom. The molecule has 7 heteroatoms. The van der Waals surface area contributed by atoms with Crippen molar-refractivity contribution in [2.45, 2.75) is 25.5 Å². The Balaban J connectivity index is 1.39. The van der Waals surface area contributed by atoms with Gasteiger partial charge in [-0.25, -0.2) is 0 Å². The number of fused-ring (bicyclic) bond motifs is 1. The van der Waals surface area contributed by atoms with Gasteiger partial charge in [0.1, 0.15) is 23.2 Å². The van der Waals surface area contributed by atoms with Crippen LogP contribution in [0, 0.1) is 6.92 Å². The van der Waals surface area contributed by atoms with Crippen molar-refractivity contribution >= 4 is 5.91 Å². The zero-order chi connectivity index (χ0) is 16.5. The van der Waals surface area contributed by atoms with Crippen LogP contribution in [0.15, 0.2) is 35.2 Å². The number of pyridine rings is 1. The Bertz CT molecular complexity index is 718. The highest BCUT2D eigenvalue weighted by molar-refractivity contribution is 5.94. The van der Waals surface area contributed by atoms with E-state index in [4.69, 9.17) is 9.26 Å². The monoisotopic (exact) mass is 328 g/mol. The van der Waals surface area contributed by atoms with E-state index >= 15 is 0 Å². The number of amides is 1. The fraction of sp³-hybridized carbons (Fsp3) is 0.471. The van der Waals surface area contributed by atoms with Crippen LogP contribution in [-0.2, 0) is 0 Å². The molecule has 2 aliphatic rings. The number of aromatic nitrogens is 2. The summed E-state index contributed by atoms with van der Waals surface area (Å²) in [6, 6.07) is 4.14. The molecular formula is C17H20N4O3. The number of ether oxygens (including phenoxy) is 1. The maximum atomic E-state index is 12.6. The molecule has 0 aromatic carbocycles. The molecule has 1 amide bonds. The Hall–Kier alpha value is -2.41. The Kier molecular flexibility index (Phi) is 3.93. The molecule has 0 radical (unpaired) electrons. The van der Waals surface area contributed by atoms with Crippen LogP contribution < -0.4 is 4.74 Å². The van der Waals surface area contributed by atoms with Crippen molar-refractivity contribution in [3.8, 4) is 5.75 Å². The lowest BCUT2D eigenvalue weighted by Gasteiger charge is -2.37. The summed E-state index contributed by atoms with van der Waals surface area (Å²) in [4.78, 5) is 21.0. The minimum atomic E-state index is 0.00466. The first-order valence-electron chi connectivity index (χ1n) is 8.22. The number of hydrogen-bond donors (Lipinski definition) is 0. The van der Waals surface area contributed by atoms with Crippen LogP contribution in [0.4, 0.5) is 0 Å². The zero-order valence-electron chi connectivity index (χ0n) is 13.6. The summed E-state index contributed by atoms with van der Waals surface area (Å²) >= 11 is 0. The van der Waals surface area contributed by atoms with Crippen molar-refractivity contribution in [3.05, 3.63) is 42.0 Å². The molecule has 0 N–H and O–H groups in total. The minimum absolute atomic E-state index is 0.00466. The van der Waals surface area contributed by atoms with E-state index in [2.05, 4.69) is 15.0 Å². The van der Waals surface area contributed by atoms with Crippen molar-refractivity contribution in [1.82, 2.24) is 19.9 Å². The molecule has 4 heterocycles. The van der Waals surface area contributed by atoms with Gasteiger partial charge < -0.3 is 14.2 Å². The van der Waals surface area contributed by atoms with E-state index in [1.165, 1.54) is 6.20 Å². The van der Waals surface area contributed by atoms with Gasteiger partial charge in [-0.05, 0) is 19.1 Å². The zero-order valence-corrected chi connectivity index (χ0v) is 13.6. The van der Waals surface area contributed by atoms with Gasteiger partial charge in [0.2, 0.25) is 0 Å². The standard InChI is InChI=1S/C17H20N4O3/c1-12-16(9-19-24-12)17(22)21-6-5-20-11-15(7-13(20)10-21)23-14-3-2-4-18-8-14/h2-4,8-9,13,15H,5-7,10-11H2,1H3/t13-,15+/m0/s1. The van der Waals surface area contributed by atoms with Crippen LogP contribution in [0.1, 0.15) is 22.5 Å². The number of hydrogen-bond acceptors (Lipinski definition) is 6. The number of nitrogens with zero attached hydrogens (tertiary/aromatic N) is 4. The normalized spacial score (nSPS) is 24.0. The summed E-state index contributed by atoms with van der Waals surface area (Å²) in [5.74, 6) is 1.38. The van der Waals surface area contributed by atoms with E-state index in [0.29, 0.717) is 17.4 Å². The van der Waals surface area contributed by atoms with Crippen molar-refractivity contribution < 1.29 is 14.1 Å². The minimum Gasteiger partial charge on any atom is -0.487 e. The third-order valence-electron chi connectivity index (χ3n) is 4.78. The fourth-order valence-electron chi connectivity index (χ4n) is 3.55. The van der Waals surface area contributed by atoms with Gasteiger partial charge >= 0.3 is 0 Å². The van der Waals surface area contributed by atoms with Gasteiger partial charge in [-0.1, -0.05) is 5.16 Å². The van der Waals surface area contributed by atoms with Crippen LogP contribution in [0.3, 0.4) is 0 Å². The molecule has 126 valence electrons. The molecule has 2 saturated heterocycles. The fourth-order valence-corrected chi connectivity index (χ4v) is 3.55. The molecule has 0 aliphatic carbocycles. The summed E-state index contributed by atoms with van der Waals surface area (Å²) in [6.45, 7) is 4.97. The van der Waals surface area contributed by atoms with Gasteiger partial charge in [-0.15, -0.1) is 0 Å². The van der Waals surface area contributed by atoms with E-state index in [0.717, 1.165) is 38.3 Å². The van der Waals surface area contributed by atoms with Crippen LogP contribution in [-0.4, -0.2) is 64.2 Å². The Labute approximate surface area is 140 Å². The molecule has 2 aromatic rings. The lowest BCUT2D eigenvalue weighted by Crippen LogP contribution is -2.52. The van der Waals surface area contributed by atoms with Gasteiger partial charge in [0.15, 0.2) is 0 Å².